The van der Waals surface area contributed by atoms with Crippen LogP contribution in [0.2, 0.25) is 10.0 Å². The number of hydrogen-bond acceptors (Lipinski definition) is 4. The highest BCUT2D eigenvalue weighted by atomic mass is 35.5. The molecule has 2 aromatic carbocycles. The van der Waals surface area contributed by atoms with Crippen LogP contribution in [0, 0.1) is 0 Å². The van der Waals surface area contributed by atoms with Gasteiger partial charge in [0.1, 0.15) is 12.4 Å². The van der Waals surface area contributed by atoms with Crippen LogP contribution in [0.25, 0.3) is 6.08 Å². The molecule has 0 fully saturated rings. The van der Waals surface area contributed by atoms with Crippen molar-refractivity contribution in [2.45, 2.75) is 31.7 Å². The van der Waals surface area contributed by atoms with E-state index in [4.69, 9.17) is 33.0 Å². The van der Waals surface area contributed by atoms with Crippen LogP contribution in [0.3, 0.4) is 0 Å². The standard InChI is InChI=1S/C20H20Cl2O5/c21-14-8-18(22)17(7-6-15(23)10-16(24)11-20(25)26)19(9-14)27-12-13-4-2-1-3-5-13/h1-9,15-16,23-24H,10-12H2,(H,25,26)/b7-6+/t15-,16-/m0/s1. The summed E-state index contributed by atoms with van der Waals surface area (Å²) in [5.74, 6) is -0.679. The van der Waals surface area contributed by atoms with Crippen LogP contribution in [0.15, 0.2) is 48.5 Å². The van der Waals surface area contributed by atoms with Gasteiger partial charge in [0.05, 0.1) is 23.7 Å². The Morgan fingerprint density at radius 2 is 1.85 bits per heavy atom. The molecule has 0 aromatic heterocycles. The molecule has 0 saturated carbocycles. The molecule has 2 atom stereocenters. The molecule has 0 aliphatic carbocycles. The van der Waals surface area contributed by atoms with Crippen molar-refractivity contribution in [3.63, 3.8) is 0 Å². The minimum atomic E-state index is -1.14. The van der Waals surface area contributed by atoms with E-state index in [0.29, 0.717) is 28.0 Å². The summed E-state index contributed by atoms with van der Waals surface area (Å²) >= 11 is 12.3. The number of carboxylic acids is 1. The van der Waals surface area contributed by atoms with E-state index in [1.165, 1.54) is 6.08 Å². The fourth-order valence-corrected chi connectivity index (χ4v) is 2.96. The zero-order chi connectivity index (χ0) is 19.8. The molecule has 0 radical (unpaired) electrons. The molecule has 0 amide bonds. The number of aliphatic carboxylic acids is 1. The van der Waals surface area contributed by atoms with Gasteiger partial charge in [0.25, 0.3) is 0 Å². The van der Waals surface area contributed by atoms with E-state index in [9.17, 15) is 15.0 Å². The third-order valence-electron chi connectivity index (χ3n) is 3.70. The Balaban J connectivity index is 2.11. The fourth-order valence-electron chi connectivity index (χ4n) is 2.43. The fraction of sp³-hybridized carbons (Fsp3) is 0.250. The lowest BCUT2D eigenvalue weighted by molar-refractivity contribution is -0.139. The van der Waals surface area contributed by atoms with Crippen LogP contribution < -0.4 is 4.74 Å². The Morgan fingerprint density at radius 3 is 2.52 bits per heavy atom. The molecule has 0 aliphatic rings. The number of rotatable bonds is 9. The summed E-state index contributed by atoms with van der Waals surface area (Å²) in [6.45, 7) is 0.318. The molecule has 3 N–H and O–H groups in total. The van der Waals surface area contributed by atoms with Crippen LogP contribution in [-0.4, -0.2) is 33.5 Å². The van der Waals surface area contributed by atoms with Crippen molar-refractivity contribution < 1.29 is 24.9 Å². The number of hydrogen-bond donors (Lipinski definition) is 3. The van der Waals surface area contributed by atoms with E-state index in [-0.39, 0.29) is 6.42 Å². The summed E-state index contributed by atoms with van der Waals surface area (Å²) in [4.78, 5) is 10.6. The van der Waals surface area contributed by atoms with Gasteiger partial charge in [-0.25, -0.2) is 0 Å². The molecular formula is C20H20Cl2O5. The summed E-state index contributed by atoms with van der Waals surface area (Å²) in [7, 11) is 0. The first-order chi connectivity index (χ1) is 12.8. The van der Waals surface area contributed by atoms with Crippen molar-refractivity contribution in [2.75, 3.05) is 0 Å². The van der Waals surface area contributed by atoms with Crippen LogP contribution in [0.1, 0.15) is 24.0 Å². The van der Waals surface area contributed by atoms with E-state index < -0.39 is 24.6 Å². The Kier molecular flexibility index (Phi) is 8.13. The summed E-state index contributed by atoms with van der Waals surface area (Å²) in [5.41, 5.74) is 1.50. The topological polar surface area (TPSA) is 87.0 Å². The Bertz CT molecular complexity index is 792. The molecule has 0 saturated heterocycles. The Hall–Kier alpha value is -2.05. The molecule has 0 heterocycles. The number of ether oxygens (including phenoxy) is 1. The normalized spacial score (nSPS) is 13.5. The van der Waals surface area contributed by atoms with Gasteiger partial charge < -0.3 is 20.1 Å². The van der Waals surface area contributed by atoms with E-state index in [2.05, 4.69) is 0 Å². The number of aliphatic hydroxyl groups excluding tert-OH is 2. The molecule has 5 nitrogen and oxygen atoms in total. The number of carboxylic acid groups (broad SMARTS) is 1. The second kappa shape index (κ2) is 10.3. The highest BCUT2D eigenvalue weighted by Gasteiger charge is 2.14. The molecule has 0 spiro atoms. The van der Waals surface area contributed by atoms with Crippen molar-refractivity contribution in [3.05, 3.63) is 69.7 Å². The second-order valence-corrected chi connectivity index (χ2v) is 6.83. The van der Waals surface area contributed by atoms with Crippen molar-refractivity contribution >= 4 is 35.2 Å². The van der Waals surface area contributed by atoms with E-state index >= 15 is 0 Å². The van der Waals surface area contributed by atoms with Crippen LogP contribution in [0.4, 0.5) is 0 Å². The van der Waals surface area contributed by atoms with Gasteiger partial charge in [-0.15, -0.1) is 0 Å². The molecule has 0 aliphatic heterocycles. The molecule has 2 aromatic rings. The first-order valence-electron chi connectivity index (χ1n) is 8.27. The third kappa shape index (κ3) is 7.23. The number of halogens is 2. The Morgan fingerprint density at radius 1 is 1.15 bits per heavy atom. The predicted octanol–water partition coefficient (Wildman–Crippen LogP) is 4.17. The number of aliphatic hydroxyl groups is 2. The summed E-state index contributed by atoms with van der Waals surface area (Å²) in [5, 5.41) is 29.0. The molecule has 7 heteroatoms. The van der Waals surface area contributed by atoms with E-state index in [0.717, 1.165) is 5.56 Å². The first-order valence-corrected chi connectivity index (χ1v) is 9.02. The van der Waals surface area contributed by atoms with Gasteiger partial charge in [0.15, 0.2) is 0 Å². The van der Waals surface area contributed by atoms with Gasteiger partial charge in [0.2, 0.25) is 0 Å². The van der Waals surface area contributed by atoms with Gasteiger partial charge in [0, 0.05) is 17.0 Å². The lowest BCUT2D eigenvalue weighted by Crippen LogP contribution is -2.19. The molecule has 2 rings (SSSR count). The second-order valence-electron chi connectivity index (χ2n) is 5.99. The molecule has 27 heavy (non-hydrogen) atoms. The zero-order valence-corrected chi connectivity index (χ0v) is 15.9. The summed E-state index contributed by atoms with van der Waals surface area (Å²) in [6.07, 6.45) is 0.281. The molecular weight excluding hydrogens is 391 g/mol. The maximum Gasteiger partial charge on any atom is 0.305 e. The predicted molar refractivity (Wildman–Crippen MR) is 105 cm³/mol. The SMILES string of the molecule is O=C(O)C[C@@H](O)C[C@@H](O)/C=C/c1c(Cl)cc(Cl)cc1OCc1ccccc1. The van der Waals surface area contributed by atoms with E-state index in [1.54, 1.807) is 18.2 Å². The molecule has 144 valence electrons. The van der Waals surface area contributed by atoms with Gasteiger partial charge in [-0.3, -0.25) is 4.79 Å². The third-order valence-corrected chi connectivity index (χ3v) is 4.23. The van der Waals surface area contributed by atoms with Gasteiger partial charge in [-0.2, -0.15) is 0 Å². The van der Waals surface area contributed by atoms with Crippen LogP contribution in [0.5, 0.6) is 5.75 Å². The number of carbonyl (C=O) groups is 1. The lowest BCUT2D eigenvalue weighted by Gasteiger charge is -2.13. The van der Waals surface area contributed by atoms with Crippen molar-refractivity contribution in [2.24, 2.45) is 0 Å². The average Bonchev–Trinajstić information content (AvgIpc) is 2.59. The van der Waals surface area contributed by atoms with Crippen molar-refractivity contribution in [1.29, 1.82) is 0 Å². The molecule has 0 bridgehead atoms. The maximum atomic E-state index is 10.6. The minimum absolute atomic E-state index is 0.103. The monoisotopic (exact) mass is 410 g/mol. The maximum absolute atomic E-state index is 10.6. The highest BCUT2D eigenvalue weighted by molar-refractivity contribution is 6.35. The summed E-state index contributed by atoms with van der Waals surface area (Å²) < 4.78 is 5.82. The quantitative estimate of drug-likeness (QED) is 0.577. The van der Waals surface area contributed by atoms with Crippen molar-refractivity contribution in [3.8, 4) is 5.75 Å². The smallest absolute Gasteiger partial charge is 0.305 e. The average molecular weight is 411 g/mol. The lowest BCUT2D eigenvalue weighted by atomic mass is 10.1. The van der Waals surface area contributed by atoms with Gasteiger partial charge in [-0.05, 0) is 17.7 Å². The zero-order valence-electron chi connectivity index (χ0n) is 14.4. The number of benzene rings is 2. The van der Waals surface area contributed by atoms with Gasteiger partial charge >= 0.3 is 5.97 Å². The Labute approximate surface area is 167 Å². The molecule has 0 unspecified atom stereocenters. The summed E-state index contributed by atoms with van der Waals surface area (Å²) in [6, 6.07) is 12.8. The largest absolute Gasteiger partial charge is 0.488 e. The highest BCUT2D eigenvalue weighted by Crippen LogP contribution is 2.33. The van der Waals surface area contributed by atoms with Gasteiger partial charge in [-0.1, -0.05) is 65.7 Å². The van der Waals surface area contributed by atoms with Crippen LogP contribution >= 0.6 is 23.2 Å². The van der Waals surface area contributed by atoms with Crippen LogP contribution in [-0.2, 0) is 11.4 Å². The van der Waals surface area contributed by atoms with Crippen molar-refractivity contribution in [1.82, 2.24) is 0 Å². The van der Waals surface area contributed by atoms with E-state index in [1.807, 2.05) is 30.3 Å². The first kappa shape index (κ1) is 21.3. The minimum Gasteiger partial charge on any atom is -0.488 e.